The van der Waals surface area contributed by atoms with Gasteiger partial charge in [0.15, 0.2) is 0 Å². The number of halogens is 2. The van der Waals surface area contributed by atoms with Gasteiger partial charge in [0.25, 0.3) is 0 Å². The van der Waals surface area contributed by atoms with Crippen molar-refractivity contribution in [3.8, 4) is 0 Å². The van der Waals surface area contributed by atoms with Gasteiger partial charge < -0.3 is 15.0 Å². The molecule has 1 fully saturated rings. The van der Waals surface area contributed by atoms with Gasteiger partial charge in [0.1, 0.15) is 0 Å². The van der Waals surface area contributed by atoms with Gasteiger partial charge in [0, 0.05) is 52.6 Å². The number of H-pyrrole nitrogens is 1. The standard InChI is InChI=1S/C23H24Cl2N2O2/c1-23(9-2-10-29-23)14-27-22(28)12-18(15-3-5-16(24)6-4-15)20-13-26-21-8-7-17(25)11-19(20)21/h3-8,11,13,18,26H,2,9-10,12,14H2,1H3,(H,27,28). The first-order valence-electron chi connectivity index (χ1n) is 9.86. The van der Waals surface area contributed by atoms with Gasteiger partial charge in [-0.2, -0.15) is 0 Å². The molecule has 0 aliphatic carbocycles. The summed E-state index contributed by atoms with van der Waals surface area (Å²) in [4.78, 5) is 16.2. The number of nitrogens with one attached hydrogen (secondary N) is 2. The van der Waals surface area contributed by atoms with E-state index in [0.29, 0.717) is 23.0 Å². The fraction of sp³-hybridized carbons (Fsp3) is 0.348. The third-order valence-corrected chi connectivity index (χ3v) is 6.16. The van der Waals surface area contributed by atoms with Gasteiger partial charge in [-0.05, 0) is 61.2 Å². The number of carbonyl (C=O) groups excluding carboxylic acids is 1. The molecule has 2 atom stereocenters. The highest BCUT2D eigenvalue weighted by molar-refractivity contribution is 6.31. The zero-order chi connectivity index (χ0) is 20.4. The fourth-order valence-corrected chi connectivity index (χ4v) is 4.32. The van der Waals surface area contributed by atoms with E-state index >= 15 is 0 Å². The van der Waals surface area contributed by atoms with Crippen molar-refractivity contribution < 1.29 is 9.53 Å². The molecule has 0 bridgehead atoms. The zero-order valence-electron chi connectivity index (χ0n) is 16.3. The van der Waals surface area contributed by atoms with Gasteiger partial charge >= 0.3 is 0 Å². The summed E-state index contributed by atoms with van der Waals surface area (Å²) in [5.74, 6) is -0.116. The lowest BCUT2D eigenvalue weighted by Gasteiger charge is -2.24. The Morgan fingerprint density at radius 1 is 1.21 bits per heavy atom. The molecule has 0 saturated carbocycles. The Kier molecular flexibility index (Phi) is 5.86. The summed E-state index contributed by atoms with van der Waals surface area (Å²) in [5, 5.41) is 5.44. The number of carbonyl (C=O) groups is 1. The van der Waals surface area contributed by atoms with Crippen LogP contribution in [0.4, 0.5) is 0 Å². The molecule has 2 unspecified atom stereocenters. The molecule has 29 heavy (non-hydrogen) atoms. The molecule has 2 heterocycles. The molecule has 3 aromatic rings. The molecule has 1 aliphatic rings. The van der Waals surface area contributed by atoms with Gasteiger partial charge in [-0.3, -0.25) is 4.79 Å². The van der Waals surface area contributed by atoms with E-state index in [9.17, 15) is 4.79 Å². The maximum atomic E-state index is 12.9. The Morgan fingerprint density at radius 2 is 1.97 bits per heavy atom. The normalized spacial score (nSPS) is 20.1. The Balaban J connectivity index is 1.61. The number of fused-ring (bicyclic) bond motifs is 1. The first-order valence-corrected chi connectivity index (χ1v) is 10.6. The van der Waals surface area contributed by atoms with Gasteiger partial charge in [0.05, 0.1) is 5.60 Å². The Labute approximate surface area is 180 Å². The first kappa shape index (κ1) is 20.3. The van der Waals surface area contributed by atoms with E-state index in [1.165, 1.54) is 0 Å². The van der Waals surface area contributed by atoms with E-state index in [-0.39, 0.29) is 17.4 Å². The van der Waals surface area contributed by atoms with Crippen LogP contribution in [0, 0.1) is 0 Å². The van der Waals surface area contributed by atoms with E-state index in [4.69, 9.17) is 27.9 Å². The van der Waals surface area contributed by atoms with Crippen LogP contribution in [0.1, 0.15) is 43.2 Å². The minimum atomic E-state index is -0.264. The maximum Gasteiger partial charge on any atom is 0.221 e. The highest BCUT2D eigenvalue weighted by atomic mass is 35.5. The molecule has 4 rings (SSSR count). The van der Waals surface area contributed by atoms with Crippen molar-refractivity contribution in [3.63, 3.8) is 0 Å². The lowest BCUT2D eigenvalue weighted by Crippen LogP contribution is -2.40. The van der Waals surface area contributed by atoms with Crippen molar-refractivity contribution in [3.05, 3.63) is 69.8 Å². The maximum absolute atomic E-state index is 12.9. The van der Waals surface area contributed by atoms with E-state index < -0.39 is 0 Å². The molecular formula is C23H24Cl2N2O2. The summed E-state index contributed by atoms with van der Waals surface area (Å²) in [6.07, 6.45) is 4.30. The van der Waals surface area contributed by atoms with Crippen molar-refractivity contribution in [1.29, 1.82) is 0 Å². The second kappa shape index (κ2) is 8.39. The molecule has 1 amide bonds. The lowest BCUT2D eigenvalue weighted by molar-refractivity contribution is -0.122. The number of hydrogen-bond donors (Lipinski definition) is 2. The van der Waals surface area contributed by atoms with Crippen LogP contribution in [0.25, 0.3) is 10.9 Å². The molecule has 4 nitrogen and oxygen atoms in total. The third kappa shape index (κ3) is 4.61. The molecule has 6 heteroatoms. The van der Waals surface area contributed by atoms with E-state index in [0.717, 1.165) is 41.5 Å². The Hall–Kier alpha value is -2.01. The first-order chi connectivity index (χ1) is 13.9. The van der Waals surface area contributed by atoms with Crippen LogP contribution in [-0.2, 0) is 9.53 Å². The van der Waals surface area contributed by atoms with Crippen molar-refractivity contribution in [2.75, 3.05) is 13.2 Å². The highest BCUT2D eigenvalue weighted by Crippen LogP contribution is 2.35. The molecule has 1 aliphatic heterocycles. The van der Waals surface area contributed by atoms with Gasteiger partial charge in [-0.25, -0.2) is 0 Å². The summed E-state index contributed by atoms with van der Waals surface area (Å²) < 4.78 is 5.79. The lowest BCUT2D eigenvalue weighted by atomic mass is 9.88. The smallest absolute Gasteiger partial charge is 0.221 e. The van der Waals surface area contributed by atoms with Crippen LogP contribution >= 0.6 is 23.2 Å². The number of benzene rings is 2. The van der Waals surface area contributed by atoms with Gasteiger partial charge in [-0.1, -0.05) is 35.3 Å². The summed E-state index contributed by atoms with van der Waals surface area (Å²) in [7, 11) is 0. The van der Waals surface area contributed by atoms with Gasteiger partial charge in [0.2, 0.25) is 5.91 Å². The Bertz CT molecular complexity index is 1010. The number of amides is 1. The van der Waals surface area contributed by atoms with Crippen LogP contribution < -0.4 is 5.32 Å². The highest BCUT2D eigenvalue weighted by Gasteiger charge is 2.30. The quantitative estimate of drug-likeness (QED) is 0.528. The monoisotopic (exact) mass is 430 g/mol. The number of aromatic amines is 1. The van der Waals surface area contributed by atoms with Crippen molar-refractivity contribution in [2.24, 2.45) is 0 Å². The predicted octanol–water partition coefficient (Wildman–Crippen LogP) is 5.68. The minimum absolute atomic E-state index is 0.00180. The molecule has 152 valence electrons. The SMILES string of the molecule is CC1(CNC(=O)CC(c2ccc(Cl)cc2)c2c[nH]c3ccc(Cl)cc23)CCCO1. The van der Waals surface area contributed by atoms with Crippen LogP contribution in [0.15, 0.2) is 48.7 Å². The summed E-state index contributed by atoms with van der Waals surface area (Å²) >= 11 is 12.3. The van der Waals surface area contributed by atoms with Crippen LogP contribution in [0.3, 0.4) is 0 Å². The molecule has 0 spiro atoms. The van der Waals surface area contributed by atoms with E-state index in [1.54, 1.807) is 0 Å². The Morgan fingerprint density at radius 3 is 2.69 bits per heavy atom. The topological polar surface area (TPSA) is 54.1 Å². The summed E-state index contributed by atoms with van der Waals surface area (Å²) in [6, 6.07) is 13.4. The average molecular weight is 431 g/mol. The number of ether oxygens (including phenoxy) is 1. The molecule has 1 saturated heterocycles. The minimum Gasteiger partial charge on any atom is -0.373 e. The second-order valence-corrected chi connectivity index (χ2v) is 8.79. The summed E-state index contributed by atoms with van der Waals surface area (Å²) in [6.45, 7) is 3.34. The van der Waals surface area contributed by atoms with Crippen LogP contribution in [0.2, 0.25) is 10.0 Å². The average Bonchev–Trinajstić information content (AvgIpc) is 3.32. The number of aromatic nitrogens is 1. The molecule has 1 aromatic heterocycles. The van der Waals surface area contributed by atoms with Crippen LogP contribution in [0.5, 0.6) is 0 Å². The van der Waals surface area contributed by atoms with Crippen molar-refractivity contribution in [1.82, 2.24) is 10.3 Å². The second-order valence-electron chi connectivity index (χ2n) is 7.92. The molecule has 2 N–H and O–H groups in total. The molecule has 2 aromatic carbocycles. The fourth-order valence-electron chi connectivity index (χ4n) is 4.02. The third-order valence-electron chi connectivity index (χ3n) is 5.67. The number of rotatable bonds is 6. The largest absolute Gasteiger partial charge is 0.373 e. The van der Waals surface area contributed by atoms with E-state index in [2.05, 4.69) is 17.2 Å². The van der Waals surface area contributed by atoms with Gasteiger partial charge in [-0.15, -0.1) is 0 Å². The van der Waals surface area contributed by atoms with Crippen molar-refractivity contribution >= 4 is 40.0 Å². The zero-order valence-corrected chi connectivity index (χ0v) is 17.8. The molecule has 0 radical (unpaired) electrons. The van der Waals surface area contributed by atoms with Crippen LogP contribution in [-0.4, -0.2) is 29.6 Å². The van der Waals surface area contributed by atoms with Crippen molar-refractivity contribution in [2.45, 2.75) is 37.7 Å². The number of hydrogen-bond acceptors (Lipinski definition) is 2. The summed E-state index contributed by atoms with van der Waals surface area (Å²) in [5.41, 5.74) is 2.81. The predicted molar refractivity (Wildman–Crippen MR) is 118 cm³/mol. The van der Waals surface area contributed by atoms with E-state index in [1.807, 2.05) is 48.7 Å². The molecular weight excluding hydrogens is 407 g/mol.